The molecule has 0 aliphatic carbocycles. The van der Waals surface area contributed by atoms with Gasteiger partial charge in [-0.25, -0.2) is 0 Å². The van der Waals surface area contributed by atoms with Crippen LogP contribution in [0.25, 0.3) is 11.1 Å². The number of nitrogens with zero attached hydrogens (tertiary/aromatic N) is 1. The molecule has 1 nitrogen and oxygen atoms in total. The van der Waals surface area contributed by atoms with Crippen LogP contribution in [0.1, 0.15) is 22.3 Å². The van der Waals surface area contributed by atoms with Crippen LogP contribution in [0.3, 0.4) is 0 Å². The van der Waals surface area contributed by atoms with Crippen LogP contribution < -0.4 is 0 Å². The highest BCUT2D eigenvalue weighted by Gasteiger charge is 2.03. The summed E-state index contributed by atoms with van der Waals surface area (Å²) >= 11 is 0. The number of benzene rings is 2. The number of aryl methyl sites for hydroxylation is 3. The SMILES string of the molecule is Cc1ccc(-c2ccc(CC#N)c(C)c2)cc1C. The maximum absolute atomic E-state index is 8.75. The third kappa shape index (κ3) is 2.43. The predicted octanol–water partition coefficient (Wildman–Crippen LogP) is 4.34. The Balaban J connectivity index is 2.43. The van der Waals surface area contributed by atoms with Crippen molar-refractivity contribution in [1.82, 2.24) is 0 Å². The Morgan fingerprint density at radius 3 is 2.00 bits per heavy atom. The van der Waals surface area contributed by atoms with Crippen molar-refractivity contribution in [3.8, 4) is 17.2 Å². The van der Waals surface area contributed by atoms with Crippen LogP contribution in [0.5, 0.6) is 0 Å². The van der Waals surface area contributed by atoms with E-state index < -0.39 is 0 Å². The molecular weight excluding hydrogens is 218 g/mol. The number of nitriles is 1. The summed E-state index contributed by atoms with van der Waals surface area (Å²) in [4.78, 5) is 0. The molecule has 0 amide bonds. The summed E-state index contributed by atoms with van der Waals surface area (Å²) < 4.78 is 0. The van der Waals surface area contributed by atoms with E-state index in [1.54, 1.807) is 0 Å². The number of hydrogen-bond donors (Lipinski definition) is 0. The van der Waals surface area contributed by atoms with E-state index in [0.29, 0.717) is 6.42 Å². The van der Waals surface area contributed by atoms with Gasteiger partial charge in [0, 0.05) is 0 Å². The molecule has 0 fully saturated rings. The quantitative estimate of drug-likeness (QED) is 0.759. The van der Waals surface area contributed by atoms with Crippen LogP contribution in [-0.2, 0) is 6.42 Å². The van der Waals surface area contributed by atoms with Crippen LogP contribution in [0.15, 0.2) is 36.4 Å². The molecular formula is C17H17N. The summed E-state index contributed by atoms with van der Waals surface area (Å²) in [7, 11) is 0. The van der Waals surface area contributed by atoms with Crippen molar-refractivity contribution in [2.24, 2.45) is 0 Å². The lowest BCUT2D eigenvalue weighted by atomic mass is 9.96. The summed E-state index contributed by atoms with van der Waals surface area (Å²) in [5.41, 5.74) is 7.39. The maximum atomic E-state index is 8.75. The van der Waals surface area contributed by atoms with Crippen molar-refractivity contribution in [2.75, 3.05) is 0 Å². The standard InChI is InChI=1S/C17H17N/c1-12-4-5-16(10-13(12)2)17-7-6-15(8-9-18)14(3)11-17/h4-7,10-11H,8H2,1-3H3. The molecule has 0 bridgehead atoms. The van der Waals surface area contributed by atoms with E-state index in [1.165, 1.54) is 27.8 Å². The van der Waals surface area contributed by atoms with Crippen molar-refractivity contribution in [3.63, 3.8) is 0 Å². The molecule has 90 valence electrons. The molecule has 0 saturated carbocycles. The molecule has 0 saturated heterocycles. The first-order valence-corrected chi connectivity index (χ1v) is 6.16. The van der Waals surface area contributed by atoms with Gasteiger partial charge in [0.1, 0.15) is 0 Å². The summed E-state index contributed by atoms with van der Waals surface area (Å²) in [6.07, 6.45) is 0.485. The number of rotatable bonds is 2. The van der Waals surface area contributed by atoms with Gasteiger partial charge in [-0.15, -0.1) is 0 Å². The molecule has 18 heavy (non-hydrogen) atoms. The molecule has 0 aromatic heterocycles. The van der Waals surface area contributed by atoms with Gasteiger partial charge >= 0.3 is 0 Å². The second kappa shape index (κ2) is 5.06. The van der Waals surface area contributed by atoms with Gasteiger partial charge < -0.3 is 0 Å². The van der Waals surface area contributed by atoms with E-state index in [9.17, 15) is 0 Å². The minimum Gasteiger partial charge on any atom is -0.198 e. The molecule has 0 aliphatic rings. The largest absolute Gasteiger partial charge is 0.198 e. The van der Waals surface area contributed by atoms with E-state index in [2.05, 4.69) is 63.2 Å². The van der Waals surface area contributed by atoms with Crippen molar-refractivity contribution in [2.45, 2.75) is 27.2 Å². The zero-order valence-corrected chi connectivity index (χ0v) is 11.1. The highest BCUT2D eigenvalue weighted by molar-refractivity contribution is 5.66. The zero-order chi connectivity index (χ0) is 13.1. The summed E-state index contributed by atoms with van der Waals surface area (Å²) in [6, 6.07) is 15.0. The molecule has 0 atom stereocenters. The fourth-order valence-electron chi connectivity index (χ4n) is 2.08. The number of hydrogen-bond acceptors (Lipinski definition) is 1. The minimum atomic E-state index is 0.485. The Morgan fingerprint density at radius 1 is 0.833 bits per heavy atom. The minimum absolute atomic E-state index is 0.485. The van der Waals surface area contributed by atoms with Crippen molar-refractivity contribution in [3.05, 3.63) is 58.7 Å². The zero-order valence-electron chi connectivity index (χ0n) is 11.1. The van der Waals surface area contributed by atoms with Crippen LogP contribution in [0.4, 0.5) is 0 Å². The van der Waals surface area contributed by atoms with Crippen LogP contribution in [0, 0.1) is 32.1 Å². The first-order valence-electron chi connectivity index (χ1n) is 6.16. The van der Waals surface area contributed by atoms with Crippen molar-refractivity contribution >= 4 is 0 Å². The van der Waals surface area contributed by atoms with Gasteiger partial charge in [-0.2, -0.15) is 5.26 Å². The van der Waals surface area contributed by atoms with Crippen molar-refractivity contribution in [1.29, 1.82) is 5.26 Å². The van der Waals surface area contributed by atoms with Crippen molar-refractivity contribution < 1.29 is 0 Å². The lowest BCUT2D eigenvalue weighted by Gasteiger charge is -2.08. The van der Waals surface area contributed by atoms with Gasteiger partial charge in [0.2, 0.25) is 0 Å². The highest BCUT2D eigenvalue weighted by Crippen LogP contribution is 2.24. The van der Waals surface area contributed by atoms with Gasteiger partial charge in [0.15, 0.2) is 0 Å². The fraction of sp³-hybridized carbons (Fsp3) is 0.235. The third-order valence-corrected chi connectivity index (χ3v) is 3.45. The molecule has 0 heterocycles. The normalized spacial score (nSPS) is 10.1. The van der Waals surface area contributed by atoms with E-state index >= 15 is 0 Å². The molecule has 2 aromatic rings. The van der Waals surface area contributed by atoms with Gasteiger partial charge in [-0.05, 0) is 54.2 Å². The lowest BCUT2D eigenvalue weighted by molar-refractivity contribution is 1.21. The smallest absolute Gasteiger partial charge is 0.0669 e. The average molecular weight is 235 g/mol. The van der Waals surface area contributed by atoms with E-state index in [0.717, 1.165) is 5.56 Å². The monoisotopic (exact) mass is 235 g/mol. The second-order valence-electron chi connectivity index (χ2n) is 4.78. The van der Waals surface area contributed by atoms with Gasteiger partial charge in [0.25, 0.3) is 0 Å². The van der Waals surface area contributed by atoms with E-state index in [1.807, 2.05) is 0 Å². The highest BCUT2D eigenvalue weighted by atomic mass is 14.2. The summed E-state index contributed by atoms with van der Waals surface area (Å²) in [6.45, 7) is 6.33. The molecule has 0 radical (unpaired) electrons. The second-order valence-corrected chi connectivity index (χ2v) is 4.78. The average Bonchev–Trinajstić information content (AvgIpc) is 2.35. The Kier molecular flexibility index (Phi) is 3.48. The van der Waals surface area contributed by atoms with Crippen LogP contribution >= 0.6 is 0 Å². The first-order chi connectivity index (χ1) is 8.61. The summed E-state index contributed by atoms with van der Waals surface area (Å²) in [5, 5.41) is 8.75. The molecule has 2 aromatic carbocycles. The van der Waals surface area contributed by atoms with E-state index in [4.69, 9.17) is 5.26 Å². The molecule has 1 heteroatoms. The van der Waals surface area contributed by atoms with E-state index in [-0.39, 0.29) is 0 Å². The molecule has 0 unspecified atom stereocenters. The summed E-state index contributed by atoms with van der Waals surface area (Å²) in [5.74, 6) is 0. The Bertz CT molecular complexity index is 618. The topological polar surface area (TPSA) is 23.8 Å². The van der Waals surface area contributed by atoms with Gasteiger partial charge in [0.05, 0.1) is 12.5 Å². The van der Waals surface area contributed by atoms with Crippen LogP contribution in [0.2, 0.25) is 0 Å². The van der Waals surface area contributed by atoms with Gasteiger partial charge in [-0.3, -0.25) is 0 Å². The molecule has 0 N–H and O–H groups in total. The molecule has 2 rings (SSSR count). The Morgan fingerprint density at radius 2 is 1.44 bits per heavy atom. The predicted molar refractivity (Wildman–Crippen MR) is 75.4 cm³/mol. The first kappa shape index (κ1) is 12.4. The molecule has 0 aliphatic heterocycles. The third-order valence-electron chi connectivity index (χ3n) is 3.45. The fourth-order valence-corrected chi connectivity index (χ4v) is 2.08. The Hall–Kier alpha value is -2.07. The van der Waals surface area contributed by atoms with Gasteiger partial charge in [-0.1, -0.05) is 36.4 Å². The Labute approximate surface area is 109 Å². The maximum Gasteiger partial charge on any atom is 0.0669 e. The molecule has 0 spiro atoms. The van der Waals surface area contributed by atoms with Crippen LogP contribution in [-0.4, -0.2) is 0 Å². The lowest BCUT2D eigenvalue weighted by Crippen LogP contribution is -1.89.